The molecular formula is C3H6Cl3OP. The van der Waals surface area contributed by atoms with Crippen LogP contribution < -0.4 is 0 Å². The Bertz CT molecular complexity index is 53.0. The fourth-order valence-electron chi connectivity index (χ4n) is 0. The van der Waals surface area contributed by atoms with Crippen LogP contribution in [0.1, 0.15) is 13.3 Å². The average molecular weight is 195 g/mol. The Morgan fingerprint density at radius 2 is 1.50 bits per heavy atom. The summed E-state index contributed by atoms with van der Waals surface area (Å²) in [5.74, 6) is 0. The molecule has 0 saturated carbocycles. The predicted molar refractivity (Wildman–Crippen MR) is 39.6 cm³/mol. The van der Waals surface area contributed by atoms with Crippen LogP contribution in [0.2, 0.25) is 0 Å². The minimum Gasteiger partial charge on any atom is -0.279 e. The maximum absolute atomic E-state index is 8.06. The smallest absolute Gasteiger partial charge is 0.190 e. The van der Waals surface area contributed by atoms with Gasteiger partial charge in [0.1, 0.15) is 9.12 Å². The van der Waals surface area contributed by atoms with E-state index in [0.29, 0.717) is 6.42 Å². The molecule has 0 spiro atoms. The van der Waals surface area contributed by atoms with E-state index < -0.39 is 3.79 Å². The average Bonchev–Trinajstić information content (AvgIpc) is 1.71. The molecule has 0 unspecified atom stereocenters. The number of hydrogen-bond acceptors (Lipinski definition) is 1. The van der Waals surface area contributed by atoms with Crippen molar-refractivity contribution in [3.8, 4) is 0 Å². The van der Waals surface area contributed by atoms with Crippen molar-refractivity contribution in [2.75, 3.05) is 0 Å². The Kier molecular flexibility index (Phi) is 8.94. The first-order chi connectivity index (χ1) is 3.56. The van der Waals surface area contributed by atoms with Crippen LogP contribution in [0.5, 0.6) is 0 Å². The van der Waals surface area contributed by atoms with Gasteiger partial charge in [0.25, 0.3) is 0 Å². The summed E-state index contributed by atoms with van der Waals surface area (Å²) in [6.07, 6.45) is 0.567. The van der Waals surface area contributed by atoms with Gasteiger partial charge in [0.05, 0.1) is 0 Å². The third-order valence-corrected chi connectivity index (χ3v) is 1.20. The zero-order valence-electron chi connectivity index (χ0n) is 4.25. The molecule has 0 aliphatic carbocycles. The Balaban J connectivity index is 0. The molecule has 8 heavy (non-hydrogen) atoms. The second-order valence-electron chi connectivity index (χ2n) is 0.969. The molecule has 0 aromatic carbocycles. The van der Waals surface area contributed by atoms with Gasteiger partial charge in [-0.3, -0.25) is 4.57 Å². The zero-order valence-corrected chi connectivity index (χ0v) is 7.52. The van der Waals surface area contributed by atoms with Gasteiger partial charge in [0, 0.05) is 0 Å². The van der Waals surface area contributed by atoms with E-state index in [1.807, 2.05) is 6.92 Å². The maximum Gasteiger partial charge on any atom is 0.190 e. The largest absolute Gasteiger partial charge is 0.279 e. The summed E-state index contributed by atoms with van der Waals surface area (Å²) in [6, 6.07) is 0. The second-order valence-corrected chi connectivity index (χ2v) is 3.48. The standard InChI is InChI=1S/C3H5Cl3.HOP/c1-2-3(4,5)6;1-2/h2H2,1H3;2H. The molecule has 0 amide bonds. The van der Waals surface area contributed by atoms with Gasteiger partial charge < -0.3 is 0 Å². The molecule has 0 aliphatic rings. The lowest BCUT2D eigenvalue weighted by Gasteiger charge is -2.02. The molecule has 0 saturated heterocycles. The third-order valence-electron chi connectivity index (χ3n) is 0.401. The van der Waals surface area contributed by atoms with E-state index in [-0.39, 0.29) is 0 Å². The maximum atomic E-state index is 8.06. The minimum absolute atomic E-state index is 0.567. The molecule has 50 valence electrons. The molecule has 0 radical (unpaired) electrons. The molecule has 0 aromatic rings. The van der Waals surface area contributed by atoms with Gasteiger partial charge in [-0.2, -0.15) is 0 Å². The summed E-state index contributed by atoms with van der Waals surface area (Å²) in [5, 5.41) is 0. The van der Waals surface area contributed by atoms with Gasteiger partial charge in [0.15, 0.2) is 3.79 Å². The van der Waals surface area contributed by atoms with Crippen molar-refractivity contribution in [2.45, 2.75) is 17.1 Å². The molecule has 0 fully saturated rings. The normalized spacial score (nSPS) is 9.50. The van der Waals surface area contributed by atoms with E-state index in [4.69, 9.17) is 39.4 Å². The first-order valence-electron chi connectivity index (χ1n) is 1.83. The molecule has 5 heteroatoms. The fraction of sp³-hybridized carbons (Fsp3) is 1.00. The lowest BCUT2D eigenvalue weighted by molar-refractivity contribution is 0.607. The van der Waals surface area contributed by atoms with Crippen LogP contribution >= 0.6 is 43.9 Å². The van der Waals surface area contributed by atoms with Crippen molar-refractivity contribution < 1.29 is 4.57 Å². The van der Waals surface area contributed by atoms with E-state index >= 15 is 0 Å². The van der Waals surface area contributed by atoms with Crippen LogP contribution in [0.25, 0.3) is 0 Å². The molecule has 0 rings (SSSR count). The number of halogens is 3. The molecular weight excluding hydrogens is 189 g/mol. The van der Waals surface area contributed by atoms with Crippen LogP contribution in [0.4, 0.5) is 0 Å². The van der Waals surface area contributed by atoms with Gasteiger partial charge in [0.2, 0.25) is 0 Å². The summed E-state index contributed by atoms with van der Waals surface area (Å²) in [4.78, 5) is 0. The van der Waals surface area contributed by atoms with Crippen LogP contribution in [0.15, 0.2) is 0 Å². The summed E-state index contributed by atoms with van der Waals surface area (Å²) in [5.41, 5.74) is 0. The van der Waals surface area contributed by atoms with E-state index in [9.17, 15) is 0 Å². The number of hydrogen-bond donors (Lipinski definition) is 0. The van der Waals surface area contributed by atoms with Crippen molar-refractivity contribution in [2.24, 2.45) is 0 Å². The lowest BCUT2D eigenvalue weighted by Crippen LogP contribution is -1.95. The van der Waals surface area contributed by atoms with Crippen molar-refractivity contribution in [1.82, 2.24) is 0 Å². The van der Waals surface area contributed by atoms with Crippen LogP contribution in [-0.4, -0.2) is 3.79 Å². The van der Waals surface area contributed by atoms with Crippen LogP contribution in [-0.2, 0) is 4.57 Å². The van der Waals surface area contributed by atoms with Crippen LogP contribution in [0.3, 0.4) is 0 Å². The summed E-state index contributed by atoms with van der Waals surface area (Å²) in [6.45, 7) is 1.81. The first-order valence-corrected chi connectivity index (χ1v) is 3.37. The highest BCUT2D eigenvalue weighted by Gasteiger charge is 2.14. The van der Waals surface area contributed by atoms with E-state index in [0.717, 1.165) is 0 Å². The highest BCUT2D eigenvalue weighted by atomic mass is 35.6. The van der Waals surface area contributed by atoms with Gasteiger partial charge in [-0.15, -0.1) is 0 Å². The highest BCUT2D eigenvalue weighted by Crippen LogP contribution is 2.28. The van der Waals surface area contributed by atoms with Crippen LogP contribution in [0, 0.1) is 0 Å². The lowest BCUT2D eigenvalue weighted by atomic mass is 10.6. The van der Waals surface area contributed by atoms with E-state index in [1.54, 1.807) is 9.12 Å². The Hall–Kier alpha value is 0.970. The number of alkyl halides is 3. The summed E-state index contributed by atoms with van der Waals surface area (Å²) in [7, 11) is 1.72. The van der Waals surface area contributed by atoms with Crippen molar-refractivity contribution in [3.05, 3.63) is 0 Å². The quantitative estimate of drug-likeness (QED) is 0.428. The molecule has 0 aliphatic heterocycles. The predicted octanol–water partition coefficient (Wildman–Crippen LogP) is 3.24. The SMILES string of the molecule is CCC(Cl)(Cl)Cl.O=P. The second kappa shape index (κ2) is 6.10. The topological polar surface area (TPSA) is 17.1 Å². The van der Waals surface area contributed by atoms with Crippen molar-refractivity contribution in [3.63, 3.8) is 0 Å². The molecule has 0 heterocycles. The first kappa shape index (κ1) is 11.7. The van der Waals surface area contributed by atoms with Gasteiger partial charge in [-0.1, -0.05) is 41.7 Å². The zero-order chi connectivity index (χ0) is 7.21. The molecule has 0 aromatic heterocycles. The monoisotopic (exact) mass is 194 g/mol. The Morgan fingerprint density at radius 3 is 1.50 bits per heavy atom. The third kappa shape index (κ3) is 15.8. The van der Waals surface area contributed by atoms with Gasteiger partial charge in [-0.25, -0.2) is 0 Å². The van der Waals surface area contributed by atoms with Crippen molar-refractivity contribution in [1.29, 1.82) is 0 Å². The minimum atomic E-state index is -1.04. The van der Waals surface area contributed by atoms with Gasteiger partial charge >= 0.3 is 0 Å². The molecule has 0 bridgehead atoms. The summed E-state index contributed by atoms with van der Waals surface area (Å²) < 4.78 is 7.01. The molecule has 0 N–H and O–H groups in total. The molecule has 1 nitrogen and oxygen atoms in total. The van der Waals surface area contributed by atoms with E-state index in [2.05, 4.69) is 0 Å². The van der Waals surface area contributed by atoms with E-state index in [1.165, 1.54) is 0 Å². The van der Waals surface area contributed by atoms with Gasteiger partial charge in [-0.05, 0) is 6.42 Å². The summed E-state index contributed by atoms with van der Waals surface area (Å²) >= 11 is 15.7. The Morgan fingerprint density at radius 1 is 1.38 bits per heavy atom. The highest BCUT2D eigenvalue weighted by molar-refractivity contribution is 7.00. The van der Waals surface area contributed by atoms with Crippen molar-refractivity contribution >= 4 is 43.9 Å². The molecule has 0 atom stereocenters. The fourth-order valence-corrected chi connectivity index (χ4v) is 0. The Labute approximate surface area is 65.9 Å². The number of rotatable bonds is 0.